The molecule has 0 bridgehead atoms. The second kappa shape index (κ2) is 7.20. The molecule has 3 rings (SSSR count). The zero-order valence-electron chi connectivity index (χ0n) is 12.7. The summed E-state index contributed by atoms with van der Waals surface area (Å²) in [6, 6.07) is 11.2. The van der Waals surface area contributed by atoms with E-state index >= 15 is 0 Å². The van der Waals surface area contributed by atoms with E-state index in [1.807, 2.05) is 30.3 Å². The Kier molecular flexibility index (Phi) is 5.02. The number of aromatic nitrogens is 1. The van der Waals surface area contributed by atoms with Crippen molar-refractivity contribution in [3.05, 3.63) is 58.2 Å². The van der Waals surface area contributed by atoms with E-state index < -0.39 is 5.92 Å². The van der Waals surface area contributed by atoms with Crippen LogP contribution in [0.15, 0.2) is 42.6 Å². The summed E-state index contributed by atoms with van der Waals surface area (Å²) in [6.07, 6.45) is 1.59. The predicted octanol–water partition coefficient (Wildman–Crippen LogP) is 3.38. The fourth-order valence-corrected chi connectivity index (χ4v) is 3.06. The van der Waals surface area contributed by atoms with Gasteiger partial charge in [-0.1, -0.05) is 53.5 Å². The van der Waals surface area contributed by atoms with E-state index in [0.29, 0.717) is 18.1 Å². The maximum Gasteiger partial charge on any atom is 0.230 e. The highest BCUT2D eigenvalue weighted by Crippen LogP contribution is 2.25. The van der Waals surface area contributed by atoms with E-state index in [-0.39, 0.29) is 29.1 Å². The summed E-state index contributed by atoms with van der Waals surface area (Å²) in [5.41, 5.74) is 1.04. The molecule has 0 aliphatic carbocycles. The molecule has 1 N–H and O–H groups in total. The number of nitrogens with one attached hydrogen (secondary N) is 1. The first-order valence-corrected chi connectivity index (χ1v) is 8.22. The zero-order chi connectivity index (χ0) is 17.1. The lowest BCUT2D eigenvalue weighted by Crippen LogP contribution is -2.28. The Morgan fingerprint density at radius 3 is 2.75 bits per heavy atom. The van der Waals surface area contributed by atoms with Gasteiger partial charge >= 0.3 is 0 Å². The highest BCUT2D eigenvalue weighted by atomic mass is 35.5. The van der Waals surface area contributed by atoms with Gasteiger partial charge in [0.25, 0.3) is 0 Å². The number of amides is 2. The van der Waals surface area contributed by atoms with Crippen LogP contribution in [0.25, 0.3) is 0 Å². The molecule has 1 aliphatic rings. The van der Waals surface area contributed by atoms with Crippen molar-refractivity contribution in [2.75, 3.05) is 11.9 Å². The molecule has 1 fully saturated rings. The number of carbonyl (C=O) groups is 2. The molecule has 1 atom stereocenters. The van der Waals surface area contributed by atoms with E-state index in [4.69, 9.17) is 23.2 Å². The van der Waals surface area contributed by atoms with Crippen molar-refractivity contribution in [2.24, 2.45) is 5.92 Å². The summed E-state index contributed by atoms with van der Waals surface area (Å²) in [7, 11) is 0. The molecule has 5 nitrogen and oxygen atoms in total. The first-order valence-electron chi connectivity index (χ1n) is 7.46. The first kappa shape index (κ1) is 16.7. The second-order valence-electron chi connectivity index (χ2n) is 5.63. The van der Waals surface area contributed by atoms with E-state index in [0.717, 1.165) is 5.56 Å². The largest absolute Gasteiger partial charge is 0.338 e. The van der Waals surface area contributed by atoms with Crippen molar-refractivity contribution >= 4 is 40.8 Å². The van der Waals surface area contributed by atoms with Crippen LogP contribution in [0.2, 0.25) is 10.0 Å². The van der Waals surface area contributed by atoms with Gasteiger partial charge in [0.2, 0.25) is 11.8 Å². The van der Waals surface area contributed by atoms with Gasteiger partial charge in [0.15, 0.2) is 5.82 Å². The predicted molar refractivity (Wildman–Crippen MR) is 92.9 cm³/mol. The number of likely N-dealkylation sites (tertiary alicyclic amines) is 1. The lowest BCUT2D eigenvalue weighted by molar-refractivity contribution is -0.128. The number of anilines is 1. The van der Waals surface area contributed by atoms with Crippen molar-refractivity contribution in [2.45, 2.75) is 13.0 Å². The van der Waals surface area contributed by atoms with E-state index in [2.05, 4.69) is 10.3 Å². The summed E-state index contributed by atoms with van der Waals surface area (Å²) in [6.45, 7) is 0.883. The van der Waals surface area contributed by atoms with Crippen LogP contribution in [0.4, 0.5) is 5.82 Å². The van der Waals surface area contributed by atoms with Crippen LogP contribution in [0, 0.1) is 5.92 Å². The van der Waals surface area contributed by atoms with Gasteiger partial charge in [-0.2, -0.15) is 0 Å². The maximum atomic E-state index is 12.4. The molecular weight excluding hydrogens is 349 g/mol. The molecule has 0 radical (unpaired) electrons. The number of hydrogen-bond donors (Lipinski definition) is 1. The van der Waals surface area contributed by atoms with E-state index in [1.54, 1.807) is 4.90 Å². The number of nitrogens with zero attached hydrogens (tertiary/aromatic N) is 2. The van der Waals surface area contributed by atoms with Gasteiger partial charge in [0.1, 0.15) is 0 Å². The fraction of sp³-hybridized carbons (Fsp3) is 0.235. The number of carbonyl (C=O) groups excluding carboxylic acids is 2. The molecule has 1 unspecified atom stereocenters. The first-order chi connectivity index (χ1) is 11.5. The van der Waals surface area contributed by atoms with Crippen molar-refractivity contribution in [3.8, 4) is 0 Å². The van der Waals surface area contributed by atoms with Gasteiger partial charge in [-0.05, 0) is 11.6 Å². The van der Waals surface area contributed by atoms with Crippen molar-refractivity contribution in [1.29, 1.82) is 0 Å². The molecule has 24 heavy (non-hydrogen) atoms. The third kappa shape index (κ3) is 3.86. The standard InChI is InChI=1S/C17H15Cl2N3O2/c18-13-7-14(19)16(20-8-13)21-17(24)12-6-15(23)22(10-12)9-11-4-2-1-3-5-11/h1-5,7-8,12H,6,9-10H2,(H,20,21,24). The fourth-order valence-electron chi connectivity index (χ4n) is 2.63. The van der Waals surface area contributed by atoms with Gasteiger partial charge in [0.05, 0.1) is 16.0 Å². The summed E-state index contributed by atoms with van der Waals surface area (Å²) in [4.78, 5) is 30.2. The molecule has 0 saturated carbocycles. The quantitative estimate of drug-likeness (QED) is 0.905. The zero-order valence-corrected chi connectivity index (χ0v) is 14.2. The maximum absolute atomic E-state index is 12.4. The van der Waals surface area contributed by atoms with Gasteiger partial charge in [-0.3, -0.25) is 9.59 Å². The molecular formula is C17H15Cl2N3O2. The lowest BCUT2D eigenvalue weighted by atomic mass is 10.1. The molecule has 2 heterocycles. The van der Waals surface area contributed by atoms with Crippen molar-refractivity contribution in [3.63, 3.8) is 0 Å². The Balaban J connectivity index is 1.63. The highest BCUT2D eigenvalue weighted by molar-refractivity contribution is 6.36. The van der Waals surface area contributed by atoms with Crippen LogP contribution in [-0.4, -0.2) is 28.2 Å². The molecule has 0 spiro atoms. The van der Waals surface area contributed by atoms with Crippen LogP contribution in [0.5, 0.6) is 0 Å². The molecule has 2 amide bonds. The minimum Gasteiger partial charge on any atom is -0.338 e. The van der Waals surface area contributed by atoms with Crippen LogP contribution in [0.1, 0.15) is 12.0 Å². The number of benzene rings is 1. The van der Waals surface area contributed by atoms with Crippen LogP contribution in [-0.2, 0) is 16.1 Å². The van der Waals surface area contributed by atoms with Crippen LogP contribution >= 0.6 is 23.2 Å². The lowest BCUT2D eigenvalue weighted by Gasteiger charge is -2.16. The normalized spacial score (nSPS) is 17.2. The third-order valence-electron chi connectivity index (χ3n) is 3.85. The van der Waals surface area contributed by atoms with Crippen LogP contribution in [0.3, 0.4) is 0 Å². The van der Waals surface area contributed by atoms with Crippen LogP contribution < -0.4 is 5.32 Å². The van der Waals surface area contributed by atoms with Gasteiger partial charge in [-0.15, -0.1) is 0 Å². The molecule has 1 aromatic carbocycles. The Morgan fingerprint density at radius 1 is 1.29 bits per heavy atom. The second-order valence-corrected chi connectivity index (χ2v) is 6.48. The minimum atomic E-state index is -0.422. The monoisotopic (exact) mass is 363 g/mol. The van der Waals surface area contributed by atoms with Crippen molar-refractivity contribution < 1.29 is 9.59 Å². The Labute approximate surface area is 149 Å². The number of rotatable bonds is 4. The topological polar surface area (TPSA) is 62.3 Å². The Morgan fingerprint density at radius 2 is 2.04 bits per heavy atom. The number of pyridine rings is 1. The number of hydrogen-bond acceptors (Lipinski definition) is 3. The summed E-state index contributed by atoms with van der Waals surface area (Å²) >= 11 is 11.8. The molecule has 1 aromatic heterocycles. The van der Waals surface area contributed by atoms with Gasteiger partial charge < -0.3 is 10.2 Å². The smallest absolute Gasteiger partial charge is 0.230 e. The summed E-state index contributed by atoms with van der Waals surface area (Å²) in [5.74, 6) is -0.473. The van der Waals surface area contributed by atoms with E-state index in [1.165, 1.54) is 12.3 Å². The van der Waals surface area contributed by atoms with Gasteiger partial charge in [-0.25, -0.2) is 4.98 Å². The van der Waals surface area contributed by atoms with Gasteiger partial charge in [0, 0.05) is 25.7 Å². The number of halogens is 2. The SMILES string of the molecule is O=C(Nc1ncc(Cl)cc1Cl)C1CC(=O)N(Cc2ccccc2)C1. The average Bonchev–Trinajstić information content (AvgIpc) is 2.92. The molecule has 124 valence electrons. The van der Waals surface area contributed by atoms with Crippen molar-refractivity contribution in [1.82, 2.24) is 9.88 Å². The Bertz CT molecular complexity index is 768. The Hall–Kier alpha value is -2.11. The molecule has 1 aliphatic heterocycles. The summed E-state index contributed by atoms with van der Waals surface area (Å²) in [5, 5.41) is 3.32. The molecule has 2 aromatic rings. The third-order valence-corrected chi connectivity index (χ3v) is 4.35. The molecule has 1 saturated heterocycles. The highest BCUT2D eigenvalue weighted by Gasteiger charge is 2.34. The average molecular weight is 364 g/mol. The summed E-state index contributed by atoms with van der Waals surface area (Å²) < 4.78 is 0. The molecule has 7 heteroatoms. The minimum absolute atomic E-state index is 0.0332. The van der Waals surface area contributed by atoms with E-state index in [9.17, 15) is 9.59 Å².